The van der Waals surface area contributed by atoms with E-state index in [1.54, 1.807) is 23.7 Å². The number of aromatic nitrogens is 2. The van der Waals surface area contributed by atoms with Gasteiger partial charge in [-0.2, -0.15) is 5.10 Å². The molecule has 6 nitrogen and oxygen atoms in total. The first-order chi connectivity index (χ1) is 14.7. The van der Waals surface area contributed by atoms with Gasteiger partial charge in [-0.3, -0.25) is 9.59 Å². The average Bonchev–Trinajstić information content (AvgIpc) is 2.97. The third-order valence-corrected chi connectivity index (χ3v) is 4.95. The number of benzene rings is 2. The van der Waals surface area contributed by atoms with Crippen molar-refractivity contribution in [3.63, 3.8) is 0 Å². The molecule has 2 amide bonds. The van der Waals surface area contributed by atoms with Crippen LogP contribution in [0.1, 0.15) is 23.7 Å². The summed E-state index contributed by atoms with van der Waals surface area (Å²) < 4.78 is 15.6. The van der Waals surface area contributed by atoms with Crippen LogP contribution in [-0.2, 0) is 16.1 Å². The van der Waals surface area contributed by atoms with E-state index in [9.17, 15) is 14.0 Å². The van der Waals surface area contributed by atoms with E-state index in [2.05, 4.69) is 15.7 Å². The Labute approximate surface area is 188 Å². The minimum atomic E-state index is -0.624. The first-order valence-electron chi connectivity index (χ1n) is 9.26. The van der Waals surface area contributed by atoms with E-state index in [0.29, 0.717) is 33.7 Å². The van der Waals surface area contributed by atoms with Crippen LogP contribution in [-0.4, -0.2) is 21.6 Å². The molecule has 0 radical (unpaired) electrons. The van der Waals surface area contributed by atoms with Gasteiger partial charge >= 0.3 is 0 Å². The van der Waals surface area contributed by atoms with E-state index in [-0.39, 0.29) is 11.6 Å². The Kier molecular flexibility index (Phi) is 7.09. The molecular weight excluding hydrogens is 442 g/mol. The van der Waals surface area contributed by atoms with Crippen molar-refractivity contribution >= 4 is 52.5 Å². The molecule has 0 saturated heterocycles. The number of nitrogens with one attached hydrogen (secondary N) is 2. The van der Waals surface area contributed by atoms with Gasteiger partial charge in [0.1, 0.15) is 11.0 Å². The van der Waals surface area contributed by atoms with Crippen LogP contribution in [0.5, 0.6) is 0 Å². The monoisotopic (exact) mass is 460 g/mol. The van der Waals surface area contributed by atoms with Crippen molar-refractivity contribution in [2.75, 3.05) is 10.6 Å². The lowest BCUT2D eigenvalue weighted by Gasteiger charge is -2.07. The van der Waals surface area contributed by atoms with Gasteiger partial charge < -0.3 is 10.6 Å². The molecule has 9 heteroatoms. The highest BCUT2D eigenvalue weighted by Gasteiger charge is 2.13. The number of anilines is 2. The zero-order chi connectivity index (χ0) is 22.5. The minimum Gasteiger partial charge on any atom is -0.326 e. The molecule has 2 N–H and O–H groups in total. The van der Waals surface area contributed by atoms with Crippen LogP contribution in [0.4, 0.5) is 15.8 Å². The van der Waals surface area contributed by atoms with Crippen molar-refractivity contribution in [1.82, 2.24) is 9.78 Å². The smallest absolute Gasteiger partial charge is 0.248 e. The summed E-state index contributed by atoms with van der Waals surface area (Å²) in [4.78, 5) is 23.4. The summed E-state index contributed by atoms with van der Waals surface area (Å²) >= 11 is 12.3. The fraction of sp³-hybridized carbons (Fsp3) is 0.136. The molecule has 1 aromatic heterocycles. The Morgan fingerprint density at radius 2 is 1.84 bits per heavy atom. The molecule has 31 heavy (non-hydrogen) atoms. The van der Waals surface area contributed by atoms with Crippen molar-refractivity contribution in [3.05, 3.63) is 81.4 Å². The number of hydrogen-bond acceptors (Lipinski definition) is 3. The highest BCUT2D eigenvalue weighted by Crippen LogP contribution is 2.23. The van der Waals surface area contributed by atoms with Crippen LogP contribution in [0, 0.1) is 12.7 Å². The highest BCUT2D eigenvalue weighted by molar-refractivity contribution is 6.31. The lowest BCUT2D eigenvalue weighted by atomic mass is 10.2. The number of amides is 2. The Hall–Kier alpha value is -3.16. The third-order valence-electron chi connectivity index (χ3n) is 4.30. The second kappa shape index (κ2) is 9.76. The lowest BCUT2D eigenvalue weighted by Crippen LogP contribution is -2.11. The summed E-state index contributed by atoms with van der Waals surface area (Å²) in [5, 5.41) is 10.4. The largest absolute Gasteiger partial charge is 0.326 e. The molecule has 0 aliphatic rings. The van der Waals surface area contributed by atoms with Gasteiger partial charge in [0.15, 0.2) is 0 Å². The average molecular weight is 461 g/mol. The standard InChI is InChI=1S/C22H19Cl2FN4O2/c1-13-18(22(24)29(28-13)12-15-3-5-16(23)6-4-15)8-10-21(31)27-20-11-17(26-14(2)30)7-9-19(20)25/h3-11H,12H2,1-2H3,(H,26,30)(H,27,31)/b10-8+. The van der Waals surface area contributed by atoms with Crippen LogP contribution in [0.25, 0.3) is 6.08 Å². The maximum absolute atomic E-state index is 14.0. The predicted octanol–water partition coefficient (Wildman–Crippen LogP) is 5.30. The molecule has 3 aromatic rings. The lowest BCUT2D eigenvalue weighted by molar-refractivity contribution is -0.114. The molecule has 0 spiro atoms. The fourth-order valence-corrected chi connectivity index (χ4v) is 3.28. The summed E-state index contributed by atoms with van der Waals surface area (Å²) in [6, 6.07) is 11.2. The number of carbonyl (C=O) groups is 2. The van der Waals surface area contributed by atoms with E-state index in [0.717, 1.165) is 11.6 Å². The molecule has 0 fully saturated rings. The Balaban J connectivity index is 1.73. The molecule has 1 heterocycles. The molecular formula is C22H19Cl2FN4O2. The Bertz CT molecular complexity index is 1160. The van der Waals surface area contributed by atoms with Gasteiger partial charge in [-0.15, -0.1) is 0 Å². The molecule has 3 rings (SSSR count). The first kappa shape index (κ1) is 22.5. The molecule has 0 atom stereocenters. The zero-order valence-corrected chi connectivity index (χ0v) is 18.3. The second-order valence-corrected chi connectivity index (χ2v) is 7.57. The first-order valence-corrected chi connectivity index (χ1v) is 10.0. The molecule has 0 saturated carbocycles. The number of aryl methyl sites for hydroxylation is 1. The number of carbonyl (C=O) groups excluding carboxylic acids is 2. The van der Waals surface area contributed by atoms with Crippen molar-refractivity contribution in [3.8, 4) is 0 Å². The quantitative estimate of drug-likeness (QED) is 0.490. The molecule has 0 aliphatic carbocycles. The van der Waals surface area contributed by atoms with Gasteiger partial charge in [0.2, 0.25) is 11.8 Å². The number of nitrogens with zero attached hydrogens (tertiary/aromatic N) is 2. The van der Waals surface area contributed by atoms with E-state index >= 15 is 0 Å². The van der Waals surface area contributed by atoms with Crippen molar-refractivity contribution in [2.45, 2.75) is 20.4 Å². The van der Waals surface area contributed by atoms with Gasteiger partial charge in [-0.25, -0.2) is 9.07 Å². The van der Waals surface area contributed by atoms with Gasteiger partial charge in [0.05, 0.1) is 17.9 Å². The fourth-order valence-electron chi connectivity index (χ4n) is 2.86. The molecule has 0 bridgehead atoms. The minimum absolute atomic E-state index is 0.0536. The highest BCUT2D eigenvalue weighted by atomic mass is 35.5. The van der Waals surface area contributed by atoms with Gasteiger partial charge in [-0.1, -0.05) is 35.3 Å². The van der Waals surface area contributed by atoms with Crippen LogP contribution in [0.2, 0.25) is 10.2 Å². The summed E-state index contributed by atoms with van der Waals surface area (Å²) in [7, 11) is 0. The normalized spacial score (nSPS) is 11.0. The van der Waals surface area contributed by atoms with E-state index in [1.165, 1.54) is 31.2 Å². The van der Waals surface area contributed by atoms with Gasteiger partial charge in [0, 0.05) is 29.3 Å². The number of hydrogen-bond donors (Lipinski definition) is 2. The zero-order valence-electron chi connectivity index (χ0n) is 16.7. The SMILES string of the molecule is CC(=O)Nc1ccc(F)c(NC(=O)/C=C/c2c(C)nn(Cc3ccc(Cl)cc3)c2Cl)c1. The summed E-state index contributed by atoms with van der Waals surface area (Å²) in [5.74, 6) is -1.48. The number of rotatable bonds is 6. The summed E-state index contributed by atoms with van der Waals surface area (Å²) in [6.45, 7) is 3.56. The maximum atomic E-state index is 14.0. The van der Waals surface area contributed by atoms with Crippen LogP contribution in [0.15, 0.2) is 48.5 Å². The third kappa shape index (κ3) is 5.93. The van der Waals surface area contributed by atoms with Crippen LogP contribution >= 0.6 is 23.2 Å². The van der Waals surface area contributed by atoms with Gasteiger partial charge in [-0.05, 0) is 48.9 Å². The molecule has 160 valence electrons. The van der Waals surface area contributed by atoms with Crippen molar-refractivity contribution < 1.29 is 14.0 Å². The van der Waals surface area contributed by atoms with Crippen molar-refractivity contribution in [1.29, 1.82) is 0 Å². The maximum Gasteiger partial charge on any atom is 0.248 e. The van der Waals surface area contributed by atoms with E-state index in [1.807, 2.05) is 12.1 Å². The summed E-state index contributed by atoms with van der Waals surface area (Å²) in [5.41, 5.74) is 2.51. The molecule has 0 aliphatic heterocycles. The molecule has 2 aromatic carbocycles. The molecule has 0 unspecified atom stereocenters. The van der Waals surface area contributed by atoms with Gasteiger partial charge in [0.25, 0.3) is 0 Å². The Morgan fingerprint density at radius 3 is 2.52 bits per heavy atom. The topological polar surface area (TPSA) is 76.0 Å². The van der Waals surface area contributed by atoms with Crippen LogP contribution in [0.3, 0.4) is 0 Å². The van der Waals surface area contributed by atoms with E-state index in [4.69, 9.17) is 23.2 Å². The van der Waals surface area contributed by atoms with E-state index < -0.39 is 11.7 Å². The van der Waals surface area contributed by atoms with Crippen LogP contribution < -0.4 is 10.6 Å². The van der Waals surface area contributed by atoms with Crippen molar-refractivity contribution in [2.24, 2.45) is 0 Å². The number of halogens is 3. The Morgan fingerprint density at radius 1 is 1.13 bits per heavy atom. The predicted molar refractivity (Wildman–Crippen MR) is 121 cm³/mol. The summed E-state index contributed by atoms with van der Waals surface area (Å²) in [6.07, 6.45) is 2.76. The second-order valence-electron chi connectivity index (χ2n) is 6.77.